The van der Waals surface area contributed by atoms with Crippen molar-refractivity contribution >= 4 is 41.9 Å². The summed E-state index contributed by atoms with van der Waals surface area (Å²) in [7, 11) is -3.65. The van der Waals surface area contributed by atoms with Gasteiger partial charge in [-0.15, -0.1) is 0 Å². The molecule has 2 N–H and O–H groups in total. The van der Waals surface area contributed by atoms with E-state index in [1.807, 2.05) is 6.92 Å². The Morgan fingerprint density at radius 1 is 1.20 bits per heavy atom. The molecule has 0 unspecified atom stereocenters. The van der Waals surface area contributed by atoms with Crippen molar-refractivity contribution in [1.82, 2.24) is 4.72 Å². The van der Waals surface area contributed by atoms with Gasteiger partial charge in [0.2, 0.25) is 10.0 Å². The van der Waals surface area contributed by atoms with Crippen molar-refractivity contribution in [2.75, 3.05) is 0 Å². The van der Waals surface area contributed by atoms with Crippen molar-refractivity contribution in [3.63, 3.8) is 0 Å². The molecule has 1 fully saturated rings. The number of hydrogen-bond donors (Lipinski definition) is 2. The van der Waals surface area contributed by atoms with Gasteiger partial charge >= 0.3 is 0 Å². The highest BCUT2D eigenvalue weighted by molar-refractivity contribution is 9.11. The molecule has 0 bridgehead atoms. The number of sulfonamides is 1. The Labute approximate surface area is 136 Å². The van der Waals surface area contributed by atoms with Crippen LogP contribution in [0, 0.1) is 6.92 Å². The van der Waals surface area contributed by atoms with Gasteiger partial charge in [-0.25, -0.2) is 13.1 Å². The Morgan fingerprint density at radius 3 is 2.50 bits per heavy atom. The third kappa shape index (κ3) is 3.62. The number of aryl methyl sites for hydroxylation is 1. The van der Waals surface area contributed by atoms with Gasteiger partial charge in [0, 0.05) is 15.0 Å². The van der Waals surface area contributed by atoms with E-state index >= 15 is 0 Å². The molecule has 0 heterocycles. The summed E-state index contributed by atoms with van der Waals surface area (Å²) in [4.78, 5) is 0.188. The van der Waals surface area contributed by atoms with E-state index in [0.717, 1.165) is 22.9 Å². The molecule has 1 aromatic carbocycles. The summed E-state index contributed by atoms with van der Waals surface area (Å²) in [5, 5.41) is 9.90. The van der Waals surface area contributed by atoms with E-state index in [-0.39, 0.29) is 4.90 Å². The van der Waals surface area contributed by atoms with E-state index in [4.69, 9.17) is 0 Å². The van der Waals surface area contributed by atoms with Gasteiger partial charge in [-0.3, -0.25) is 0 Å². The van der Waals surface area contributed by atoms with Gasteiger partial charge in [-0.05, 0) is 53.4 Å². The predicted molar refractivity (Wildman–Crippen MR) is 85.2 cm³/mol. The molecule has 0 amide bonds. The Balaban J connectivity index is 2.28. The van der Waals surface area contributed by atoms with Crippen LogP contribution in [0.25, 0.3) is 0 Å². The molecule has 1 aliphatic rings. The van der Waals surface area contributed by atoms with Crippen LogP contribution in [0.15, 0.2) is 26.0 Å². The van der Waals surface area contributed by atoms with Crippen LogP contribution in [-0.4, -0.2) is 25.7 Å². The van der Waals surface area contributed by atoms with Crippen LogP contribution in [-0.2, 0) is 10.0 Å². The third-order valence-electron chi connectivity index (χ3n) is 3.54. The molecular formula is C13H17Br2NO3S. The fourth-order valence-corrected chi connectivity index (χ4v) is 5.33. The first kappa shape index (κ1) is 16.4. The van der Waals surface area contributed by atoms with Crippen LogP contribution in [0.2, 0.25) is 0 Å². The minimum atomic E-state index is -3.65. The lowest BCUT2D eigenvalue weighted by Gasteiger charge is -2.28. The largest absolute Gasteiger partial charge is 0.391 e. The van der Waals surface area contributed by atoms with E-state index in [1.54, 1.807) is 12.1 Å². The van der Waals surface area contributed by atoms with Gasteiger partial charge in [-0.1, -0.05) is 28.8 Å². The Hall–Kier alpha value is 0.0500. The molecule has 4 nitrogen and oxygen atoms in total. The molecule has 0 radical (unpaired) electrons. The van der Waals surface area contributed by atoms with Crippen molar-refractivity contribution in [3.05, 3.63) is 26.6 Å². The average Bonchev–Trinajstić information content (AvgIpc) is 2.36. The van der Waals surface area contributed by atoms with Gasteiger partial charge in [0.15, 0.2) is 0 Å². The van der Waals surface area contributed by atoms with Crippen LogP contribution in [0.3, 0.4) is 0 Å². The topological polar surface area (TPSA) is 66.4 Å². The first-order chi connectivity index (χ1) is 9.31. The lowest BCUT2D eigenvalue weighted by Crippen LogP contribution is -2.45. The van der Waals surface area contributed by atoms with Gasteiger partial charge < -0.3 is 5.11 Å². The molecule has 112 valence electrons. The smallest absolute Gasteiger partial charge is 0.242 e. The number of aliphatic hydroxyl groups excluding tert-OH is 1. The normalized spacial score (nSPS) is 23.8. The number of rotatable bonds is 3. The van der Waals surface area contributed by atoms with E-state index in [2.05, 4.69) is 36.6 Å². The standard InChI is InChI=1S/C13H17Br2NO3S/c1-8-6-10(15)13(7-9(8)14)20(18,19)16-11-4-2-3-5-12(11)17/h6-7,11-12,16-17H,2-5H2,1H3/t11-,12-/m0/s1. The Morgan fingerprint density at radius 2 is 1.85 bits per heavy atom. The summed E-state index contributed by atoms with van der Waals surface area (Å²) in [6, 6.07) is 2.94. The van der Waals surface area contributed by atoms with E-state index in [1.165, 1.54) is 0 Å². The fourth-order valence-electron chi connectivity index (χ4n) is 2.35. The second-order valence-corrected chi connectivity index (χ2v) is 8.50. The highest BCUT2D eigenvalue weighted by Crippen LogP contribution is 2.29. The Kier molecular flexibility index (Phi) is 5.29. The van der Waals surface area contributed by atoms with Crippen LogP contribution in [0.1, 0.15) is 31.2 Å². The summed E-state index contributed by atoms with van der Waals surface area (Å²) in [5.74, 6) is 0. The molecule has 0 aliphatic heterocycles. The second-order valence-electron chi connectivity index (χ2n) is 5.11. The Bertz CT molecular complexity index is 604. The van der Waals surface area contributed by atoms with Crippen molar-refractivity contribution in [1.29, 1.82) is 0 Å². The lowest BCUT2D eigenvalue weighted by atomic mass is 9.93. The molecule has 1 aliphatic carbocycles. The molecule has 0 spiro atoms. The van der Waals surface area contributed by atoms with E-state index in [0.29, 0.717) is 17.3 Å². The van der Waals surface area contributed by atoms with Crippen molar-refractivity contribution in [3.8, 4) is 0 Å². The monoisotopic (exact) mass is 425 g/mol. The van der Waals surface area contributed by atoms with Gasteiger partial charge in [0.1, 0.15) is 0 Å². The molecule has 2 atom stereocenters. The molecule has 7 heteroatoms. The van der Waals surface area contributed by atoms with E-state index < -0.39 is 22.2 Å². The zero-order valence-electron chi connectivity index (χ0n) is 11.1. The van der Waals surface area contributed by atoms with E-state index in [9.17, 15) is 13.5 Å². The molecule has 1 aromatic rings. The SMILES string of the molecule is Cc1cc(Br)c(S(=O)(=O)N[C@H]2CCCC[C@@H]2O)cc1Br. The maximum atomic E-state index is 12.5. The van der Waals surface area contributed by atoms with Crippen LogP contribution in [0.5, 0.6) is 0 Å². The zero-order valence-corrected chi connectivity index (χ0v) is 15.1. The molecule has 20 heavy (non-hydrogen) atoms. The summed E-state index contributed by atoms with van der Waals surface area (Å²) in [6.45, 7) is 1.89. The summed E-state index contributed by atoms with van der Waals surface area (Å²) < 4.78 is 28.8. The first-order valence-corrected chi connectivity index (χ1v) is 9.54. The summed E-state index contributed by atoms with van der Waals surface area (Å²) in [5.41, 5.74) is 0.952. The van der Waals surface area contributed by atoms with Crippen molar-refractivity contribution < 1.29 is 13.5 Å². The second kappa shape index (κ2) is 6.44. The number of hydrogen-bond acceptors (Lipinski definition) is 3. The highest BCUT2D eigenvalue weighted by Gasteiger charge is 2.29. The fraction of sp³-hybridized carbons (Fsp3) is 0.538. The molecule has 0 aromatic heterocycles. The molecule has 1 saturated carbocycles. The van der Waals surface area contributed by atoms with Gasteiger partial charge in [0.25, 0.3) is 0 Å². The average molecular weight is 427 g/mol. The highest BCUT2D eigenvalue weighted by atomic mass is 79.9. The first-order valence-electron chi connectivity index (χ1n) is 6.47. The number of benzene rings is 1. The minimum absolute atomic E-state index is 0.188. The summed E-state index contributed by atoms with van der Waals surface area (Å²) in [6.07, 6.45) is 2.59. The maximum absolute atomic E-state index is 12.5. The van der Waals surface area contributed by atoms with Gasteiger partial charge in [-0.2, -0.15) is 0 Å². The lowest BCUT2D eigenvalue weighted by molar-refractivity contribution is 0.101. The van der Waals surface area contributed by atoms with Crippen molar-refractivity contribution in [2.45, 2.75) is 49.6 Å². The molecule has 0 saturated heterocycles. The van der Waals surface area contributed by atoms with Crippen LogP contribution in [0.4, 0.5) is 0 Å². The number of aliphatic hydroxyl groups is 1. The van der Waals surface area contributed by atoms with Gasteiger partial charge in [0.05, 0.1) is 11.0 Å². The molecular weight excluding hydrogens is 410 g/mol. The van der Waals surface area contributed by atoms with Crippen LogP contribution < -0.4 is 4.72 Å². The molecule has 2 rings (SSSR count). The zero-order chi connectivity index (χ0) is 14.9. The van der Waals surface area contributed by atoms with Crippen LogP contribution >= 0.6 is 31.9 Å². The number of nitrogens with one attached hydrogen (secondary N) is 1. The number of halogens is 2. The summed E-state index contributed by atoms with van der Waals surface area (Å²) >= 11 is 6.64. The van der Waals surface area contributed by atoms with Crippen molar-refractivity contribution in [2.24, 2.45) is 0 Å². The maximum Gasteiger partial charge on any atom is 0.242 e. The predicted octanol–water partition coefficient (Wildman–Crippen LogP) is 3.10. The minimum Gasteiger partial charge on any atom is -0.391 e. The quantitative estimate of drug-likeness (QED) is 0.780. The third-order valence-corrected chi connectivity index (χ3v) is 6.84.